The van der Waals surface area contributed by atoms with E-state index in [1.807, 2.05) is 18.2 Å². The molecular weight excluding hydrogens is 520 g/mol. The Morgan fingerprint density at radius 1 is 1.24 bits per heavy atom. The van der Waals surface area contributed by atoms with E-state index >= 15 is 0 Å². The van der Waals surface area contributed by atoms with Crippen molar-refractivity contribution in [1.29, 1.82) is 0 Å². The maximum atomic E-state index is 11.2. The molecule has 0 aliphatic carbocycles. The number of anilines is 1. The zero-order valence-electron chi connectivity index (χ0n) is 19.9. The second kappa shape index (κ2) is 11.5. The maximum absolute atomic E-state index is 11.2. The summed E-state index contributed by atoms with van der Waals surface area (Å²) in [5, 5.41) is 37.0. The predicted octanol–water partition coefficient (Wildman–Crippen LogP) is 1.69. The monoisotopic (exact) mass is 548 g/mol. The molecule has 0 unspecified atom stereocenters. The molecule has 6 atom stereocenters. The van der Waals surface area contributed by atoms with Gasteiger partial charge in [0.2, 0.25) is 5.28 Å². The second-order valence-corrected chi connectivity index (χ2v) is 10.9. The normalized spacial score (nSPS) is 27.6. The van der Waals surface area contributed by atoms with E-state index < -0.39 is 36.6 Å². The molecule has 2 aromatic heterocycles. The SMILES string of the molecule is O=C(O)[C@@H]1C[C@H](SC[C@H]2O[C@@H](n3cnc4c(NCCCc5ccccc5)nc(Cl)nc43)[C@H](O)[C@@H]2O)CN1. The Morgan fingerprint density at radius 2 is 2.05 bits per heavy atom. The van der Waals surface area contributed by atoms with Gasteiger partial charge in [0.15, 0.2) is 23.2 Å². The third-order valence-electron chi connectivity index (χ3n) is 6.67. The van der Waals surface area contributed by atoms with E-state index in [0.29, 0.717) is 42.2 Å². The number of ether oxygens (including phenoxy) is 1. The molecule has 0 bridgehead atoms. The van der Waals surface area contributed by atoms with Crippen LogP contribution in [0.2, 0.25) is 5.28 Å². The Bertz CT molecular complexity index is 1230. The fourth-order valence-corrected chi connectivity index (χ4v) is 6.13. The number of hydrogen-bond acceptors (Lipinski definition) is 10. The van der Waals surface area contributed by atoms with Crippen molar-refractivity contribution in [3.8, 4) is 0 Å². The number of aliphatic hydroxyl groups is 2. The molecule has 1 aromatic carbocycles. The molecule has 0 amide bonds. The highest BCUT2D eigenvalue weighted by Gasteiger charge is 2.45. The van der Waals surface area contributed by atoms with E-state index in [4.69, 9.17) is 21.4 Å². The lowest BCUT2D eigenvalue weighted by Gasteiger charge is -2.17. The molecule has 3 aromatic rings. The summed E-state index contributed by atoms with van der Waals surface area (Å²) in [7, 11) is 0. The van der Waals surface area contributed by atoms with Crippen molar-refractivity contribution >= 4 is 46.3 Å². The number of aryl methyl sites for hydroxylation is 1. The van der Waals surface area contributed by atoms with Gasteiger partial charge >= 0.3 is 5.97 Å². The minimum Gasteiger partial charge on any atom is -0.480 e. The van der Waals surface area contributed by atoms with Crippen LogP contribution in [0.4, 0.5) is 5.82 Å². The number of aliphatic hydroxyl groups excluding tert-OH is 2. The van der Waals surface area contributed by atoms with Gasteiger partial charge in [-0.3, -0.25) is 9.36 Å². The van der Waals surface area contributed by atoms with Crippen LogP contribution in [0.1, 0.15) is 24.6 Å². The molecule has 5 N–H and O–H groups in total. The highest BCUT2D eigenvalue weighted by Crippen LogP contribution is 2.35. The average molecular weight is 549 g/mol. The molecule has 5 rings (SSSR count). The fraction of sp³-hybridized carbons (Fsp3) is 0.500. The summed E-state index contributed by atoms with van der Waals surface area (Å²) in [5.41, 5.74) is 2.13. The highest BCUT2D eigenvalue weighted by atomic mass is 35.5. The topological polar surface area (TPSA) is 155 Å². The highest BCUT2D eigenvalue weighted by molar-refractivity contribution is 8.00. The standard InChI is InChI=1S/C24H29ClN6O5S/c25-24-29-20(26-8-4-7-13-5-2-1-3-6-13)17-21(30-24)31(12-28-17)22-19(33)18(32)16(36-22)11-37-14-9-15(23(34)35)27-10-14/h1-3,5-6,12,14-16,18-19,22,27,32-33H,4,7-11H2,(H,34,35)(H,26,29,30)/t14-,15-,16+,18+,19+,22+/m0/s1. The number of aromatic nitrogens is 4. The van der Waals surface area contributed by atoms with Crippen molar-refractivity contribution in [1.82, 2.24) is 24.8 Å². The van der Waals surface area contributed by atoms with E-state index in [1.54, 1.807) is 4.57 Å². The van der Waals surface area contributed by atoms with Crippen LogP contribution in [-0.4, -0.2) is 89.3 Å². The minimum atomic E-state index is -1.20. The molecule has 4 heterocycles. The van der Waals surface area contributed by atoms with Crippen molar-refractivity contribution < 1.29 is 24.9 Å². The summed E-state index contributed by atoms with van der Waals surface area (Å²) < 4.78 is 7.61. The Hall–Kier alpha value is -2.48. The van der Waals surface area contributed by atoms with Gasteiger partial charge in [-0.15, -0.1) is 0 Å². The first-order chi connectivity index (χ1) is 17.9. The number of carbonyl (C=O) groups is 1. The van der Waals surface area contributed by atoms with Crippen LogP contribution in [-0.2, 0) is 16.0 Å². The number of benzene rings is 1. The third-order valence-corrected chi connectivity index (χ3v) is 8.19. The molecule has 11 nitrogen and oxygen atoms in total. The van der Waals surface area contributed by atoms with Crippen molar-refractivity contribution in [2.45, 2.75) is 55.1 Å². The lowest BCUT2D eigenvalue weighted by Crippen LogP contribution is -2.33. The Kier molecular flexibility index (Phi) is 8.12. The first-order valence-electron chi connectivity index (χ1n) is 12.2. The first kappa shape index (κ1) is 26.1. The zero-order valence-corrected chi connectivity index (χ0v) is 21.5. The summed E-state index contributed by atoms with van der Waals surface area (Å²) in [6.07, 6.45) is -0.0721. The summed E-state index contributed by atoms with van der Waals surface area (Å²) in [6.45, 7) is 1.22. The first-order valence-corrected chi connectivity index (χ1v) is 13.6. The van der Waals surface area contributed by atoms with E-state index in [-0.39, 0.29) is 10.5 Å². The van der Waals surface area contributed by atoms with Gasteiger partial charge in [0.05, 0.1) is 12.4 Å². The third kappa shape index (κ3) is 5.84. The summed E-state index contributed by atoms with van der Waals surface area (Å²) in [5.74, 6) is 0.0291. The number of nitrogens with zero attached hydrogens (tertiary/aromatic N) is 4. The van der Waals surface area contributed by atoms with E-state index in [1.165, 1.54) is 23.7 Å². The number of aliphatic carboxylic acids is 1. The molecular formula is C24H29ClN6O5S. The van der Waals surface area contributed by atoms with Crippen LogP contribution < -0.4 is 10.6 Å². The summed E-state index contributed by atoms with van der Waals surface area (Å²) in [6, 6.07) is 9.64. The van der Waals surface area contributed by atoms with Crippen molar-refractivity contribution in [3.05, 3.63) is 47.5 Å². The van der Waals surface area contributed by atoms with Crippen LogP contribution in [0.3, 0.4) is 0 Å². The average Bonchev–Trinajstić information content (AvgIpc) is 3.60. The van der Waals surface area contributed by atoms with Crippen LogP contribution in [0.15, 0.2) is 36.7 Å². The van der Waals surface area contributed by atoms with Gasteiger partial charge in [0.1, 0.15) is 18.2 Å². The molecule has 2 fully saturated rings. The van der Waals surface area contributed by atoms with Gasteiger partial charge in [0.25, 0.3) is 0 Å². The predicted molar refractivity (Wildman–Crippen MR) is 140 cm³/mol. The van der Waals surface area contributed by atoms with Gasteiger partial charge in [0, 0.05) is 24.1 Å². The zero-order chi connectivity index (χ0) is 25.9. The van der Waals surface area contributed by atoms with Gasteiger partial charge in [-0.2, -0.15) is 21.7 Å². The smallest absolute Gasteiger partial charge is 0.320 e. The number of fused-ring (bicyclic) bond motifs is 1. The molecule has 2 saturated heterocycles. The van der Waals surface area contributed by atoms with E-state index in [9.17, 15) is 15.0 Å². The lowest BCUT2D eigenvalue weighted by molar-refractivity contribution is -0.139. The lowest BCUT2D eigenvalue weighted by atomic mass is 10.1. The number of thioether (sulfide) groups is 1. The Labute approximate surface area is 222 Å². The summed E-state index contributed by atoms with van der Waals surface area (Å²) in [4.78, 5) is 24.2. The van der Waals surface area contributed by atoms with Gasteiger partial charge < -0.3 is 30.7 Å². The van der Waals surface area contributed by atoms with Crippen molar-refractivity contribution in [2.75, 3.05) is 24.2 Å². The number of halogens is 1. The van der Waals surface area contributed by atoms with Gasteiger partial charge in [-0.1, -0.05) is 30.3 Å². The number of carboxylic acid groups (broad SMARTS) is 1. The molecule has 0 spiro atoms. The molecule has 13 heteroatoms. The molecule has 2 aliphatic rings. The molecule has 37 heavy (non-hydrogen) atoms. The van der Waals surface area contributed by atoms with Crippen LogP contribution >= 0.6 is 23.4 Å². The number of nitrogens with one attached hydrogen (secondary N) is 2. The maximum Gasteiger partial charge on any atom is 0.320 e. The number of hydrogen-bond donors (Lipinski definition) is 5. The molecule has 198 valence electrons. The van der Waals surface area contributed by atoms with E-state index in [2.05, 4.69) is 37.7 Å². The number of carboxylic acids is 1. The largest absolute Gasteiger partial charge is 0.480 e. The molecule has 2 aliphatic heterocycles. The Morgan fingerprint density at radius 3 is 2.81 bits per heavy atom. The molecule has 0 radical (unpaired) electrons. The molecule has 0 saturated carbocycles. The number of rotatable bonds is 10. The Balaban J connectivity index is 1.23. The van der Waals surface area contributed by atoms with Gasteiger partial charge in [-0.25, -0.2) is 4.98 Å². The van der Waals surface area contributed by atoms with Crippen LogP contribution in [0, 0.1) is 0 Å². The quantitative estimate of drug-likeness (QED) is 0.186. The van der Waals surface area contributed by atoms with Crippen molar-refractivity contribution in [2.24, 2.45) is 0 Å². The fourth-order valence-electron chi connectivity index (χ4n) is 4.69. The number of imidazole rings is 1. The minimum absolute atomic E-state index is 0.0293. The van der Waals surface area contributed by atoms with Crippen LogP contribution in [0.5, 0.6) is 0 Å². The van der Waals surface area contributed by atoms with Gasteiger partial charge in [-0.05, 0) is 36.4 Å². The second-order valence-electron chi connectivity index (χ2n) is 9.22. The summed E-state index contributed by atoms with van der Waals surface area (Å²) >= 11 is 7.73. The van der Waals surface area contributed by atoms with Crippen LogP contribution in [0.25, 0.3) is 11.2 Å². The van der Waals surface area contributed by atoms with Crippen molar-refractivity contribution in [3.63, 3.8) is 0 Å². The van der Waals surface area contributed by atoms with E-state index in [0.717, 1.165) is 12.8 Å².